The van der Waals surface area contributed by atoms with Gasteiger partial charge in [-0.15, -0.1) is 0 Å². The van der Waals surface area contributed by atoms with Crippen LogP contribution in [0.1, 0.15) is 18.1 Å². The molecule has 0 saturated heterocycles. The molecular weight excluding hydrogens is 322 g/mol. The third-order valence-corrected chi connectivity index (χ3v) is 3.84. The standard InChI is InChI=1S/C19H17NO5/c1-3-24-17(21)19(14-11-7-8-12-15(14)23-2)18(22)25-16(20-19)13-9-5-4-6-10-13/h4-12H,3H2,1-2H3. The van der Waals surface area contributed by atoms with Crippen LogP contribution in [0.4, 0.5) is 0 Å². The van der Waals surface area contributed by atoms with Gasteiger partial charge in [0.15, 0.2) is 0 Å². The Morgan fingerprint density at radius 2 is 1.80 bits per heavy atom. The maximum atomic E-state index is 12.8. The van der Waals surface area contributed by atoms with Crippen LogP contribution >= 0.6 is 0 Å². The Morgan fingerprint density at radius 1 is 1.12 bits per heavy atom. The van der Waals surface area contributed by atoms with Gasteiger partial charge in [0.2, 0.25) is 5.90 Å². The van der Waals surface area contributed by atoms with Crippen LogP contribution in [-0.2, 0) is 24.6 Å². The zero-order valence-electron chi connectivity index (χ0n) is 13.9. The maximum absolute atomic E-state index is 12.8. The summed E-state index contributed by atoms with van der Waals surface area (Å²) in [5.41, 5.74) is -1.06. The van der Waals surface area contributed by atoms with E-state index in [1.807, 2.05) is 6.07 Å². The van der Waals surface area contributed by atoms with Crippen molar-refractivity contribution in [2.24, 2.45) is 4.99 Å². The number of rotatable bonds is 5. The van der Waals surface area contributed by atoms with Crippen molar-refractivity contribution in [2.75, 3.05) is 13.7 Å². The van der Waals surface area contributed by atoms with Crippen LogP contribution < -0.4 is 4.74 Å². The molecule has 0 amide bonds. The van der Waals surface area contributed by atoms with Crippen molar-refractivity contribution in [3.63, 3.8) is 0 Å². The predicted octanol–water partition coefficient (Wildman–Crippen LogP) is 2.46. The average Bonchev–Trinajstić information content (AvgIpc) is 3.01. The second-order valence-corrected chi connectivity index (χ2v) is 5.30. The molecule has 6 nitrogen and oxygen atoms in total. The molecule has 1 aliphatic rings. The van der Waals surface area contributed by atoms with Crippen molar-refractivity contribution in [1.29, 1.82) is 0 Å². The number of hydrogen-bond acceptors (Lipinski definition) is 6. The number of carbonyl (C=O) groups is 2. The van der Waals surface area contributed by atoms with E-state index in [-0.39, 0.29) is 18.1 Å². The lowest BCUT2D eigenvalue weighted by molar-refractivity contribution is -0.158. The lowest BCUT2D eigenvalue weighted by Crippen LogP contribution is -2.41. The Kier molecular flexibility index (Phi) is 4.52. The number of esters is 2. The molecule has 2 aromatic carbocycles. The van der Waals surface area contributed by atoms with Crippen molar-refractivity contribution in [2.45, 2.75) is 12.5 Å². The van der Waals surface area contributed by atoms with Crippen LogP contribution in [0, 0.1) is 0 Å². The fraction of sp³-hybridized carbons (Fsp3) is 0.211. The molecule has 0 saturated carbocycles. The topological polar surface area (TPSA) is 74.2 Å². The molecule has 0 aromatic heterocycles. The Labute approximate surface area is 145 Å². The molecule has 1 aliphatic heterocycles. The number of nitrogens with zero attached hydrogens (tertiary/aromatic N) is 1. The Hall–Kier alpha value is -3.15. The lowest BCUT2D eigenvalue weighted by atomic mass is 9.90. The van der Waals surface area contributed by atoms with E-state index in [1.54, 1.807) is 55.5 Å². The van der Waals surface area contributed by atoms with Gasteiger partial charge in [0.05, 0.1) is 13.7 Å². The van der Waals surface area contributed by atoms with E-state index < -0.39 is 17.5 Å². The van der Waals surface area contributed by atoms with Gasteiger partial charge in [-0.2, -0.15) is 0 Å². The molecule has 3 rings (SSSR count). The number of benzene rings is 2. The summed E-state index contributed by atoms with van der Waals surface area (Å²) in [7, 11) is 1.46. The quantitative estimate of drug-likeness (QED) is 0.618. The zero-order valence-corrected chi connectivity index (χ0v) is 13.9. The van der Waals surface area contributed by atoms with Crippen LogP contribution in [0.2, 0.25) is 0 Å². The van der Waals surface area contributed by atoms with Crippen molar-refractivity contribution in [1.82, 2.24) is 0 Å². The summed E-state index contributed by atoms with van der Waals surface area (Å²) in [4.78, 5) is 29.9. The molecular formula is C19H17NO5. The number of cyclic esters (lactones) is 1. The highest BCUT2D eigenvalue weighted by molar-refractivity contribution is 6.17. The van der Waals surface area contributed by atoms with Crippen LogP contribution in [0.25, 0.3) is 0 Å². The van der Waals surface area contributed by atoms with Crippen molar-refractivity contribution in [3.05, 3.63) is 65.7 Å². The van der Waals surface area contributed by atoms with Gasteiger partial charge in [0, 0.05) is 11.1 Å². The molecule has 0 spiro atoms. The highest BCUT2D eigenvalue weighted by Crippen LogP contribution is 2.39. The van der Waals surface area contributed by atoms with E-state index in [2.05, 4.69) is 4.99 Å². The van der Waals surface area contributed by atoms with Crippen LogP contribution in [0.3, 0.4) is 0 Å². The molecule has 0 fully saturated rings. The first-order valence-electron chi connectivity index (χ1n) is 7.81. The average molecular weight is 339 g/mol. The van der Waals surface area contributed by atoms with E-state index in [0.717, 1.165) is 0 Å². The lowest BCUT2D eigenvalue weighted by Gasteiger charge is -2.22. The normalized spacial score (nSPS) is 19.1. The molecule has 6 heteroatoms. The van der Waals surface area contributed by atoms with Crippen molar-refractivity contribution < 1.29 is 23.8 Å². The number of carbonyl (C=O) groups excluding carboxylic acids is 2. The smallest absolute Gasteiger partial charge is 0.357 e. The second-order valence-electron chi connectivity index (χ2n) is 5.30. The number of methoxy groups -OCH3 is 1. The van der Waals surface area contributed by atoms with Crippen molar-refractivity contribution in [3.8, 4) is 5.75 Å². The molecule has 0 N–H and O–H groups in total. The summed E-state index contributed by atoms with van der Waals surface area (Å²) in [6, 6.07) is 15.6. The molecule has 2 aromatic rings. The van der Waals surface area contributed by atoms with Gasteiger partial charge in [-0.25, -0.2) is 14.6 Å². The molecule has 128 valence electrons. The van der Waals surface area contributed by atoms with Gasteiger partial charge in [0.1, 0.15) is 5.75 Å². The van der Waals surface area contributed by atoms with Gasteiger partial charge in [-0.05, 0) is 25.1 Å². The van der Waals surface area contributed by atoms with Gasteiger partial charge >= 0.3 is 11.9 Å². The Bertz CT molecular complexity index is 831. The molecule has 0 radical (unpaired) electrons. The third-order valence-electron chi connectivity index (χ3n) is 3.84. The second kappa shape index (κ2) is 6.76. The summed E-state index contributed by atoms with van der Waals surface area (Å²) in [5, 5.41) is 0. The van der Waals surface area contributed by atoms with E-state index in [4.69, 9.17) is 14.2 Å². The van der Waals surface area contributed by atoms with Gasteiger partial charge in [0.25, 0.3) is 5.54 Å². The minimum Gasteiger partial charge on any atom is -0.496 e. The maximum Gasteiger partial charge on any atom is 0.357 e. The monoisotopic (exact) mass is 339 g/mol. The van der Waals surface area contributed by atoms with Gasteiger partial charge < -0.3 is 14.2 Å². The number of ether oxygens (including phenoxy) is 3. The number of hydrogen-bond donors (Lipinski definition) is 0. The summed E-state index contributed by atoms with van der Waals surface area (Å²) in [6.45, 7) is 1.77. The van der Waals surface area contributed by atoms with E-state index >= 15 is 0 Å². The molecule has 25 heavy (non-hydrogen) atoms. The van der Waals surface area contributed by atoms with E-state index in [9.17, 15) is 9.59 Å². The molecule has 1 atom stereocenters. The molecule has 1 unspecified atom stereocenters. The summed E-state index contributed by atoms with van der Waals surface area (Å²) < 4.78 is 15.8. The molecule has 0 bridgehead atoms. The highest BCUT2D eigenvalue weighted by Gasteiger charge is 2.57. The van der Waals surface area contributed by atoms with Gasteiger partial charge in [-0.3, -0.25) is 0 Å². The summed E-state index contributed by atoms with van der Waals surface area (Å²) in [6.07, 6.45) is 0. The molecule has 1 heterocycles. The SMILES string of the molecule is CCOC(=O)C1(c2ccccc2OC)N=C(c2ccccc2)OC1=O. The summed E-state index contributed by atoms with van der Waals surface area (Å²) >= 11 is 0. The number of para-hydroxylation sites is 1. The first kappa shape index (κ1) is 16.7. The molecule has 0 aliphatic carbocycles. The Morgan fingerprint density at radius 3 is 2.48 bits per heavy atom. The Balaban J connectivity index is 2.20. The van der Waals surface area contributed by atoms with E-state index in [0.29, 0.717) is 11.3 Å². The first-order valence-corrected chi connectivity index (χ1v) is 7.81. The zero-order chi connectivity index (χ0) is 17.9. The summed E-state index contributed by atoms with van der Waals surface area (Å²) in [5.74, 6) is -1.18. The highest BCUT2D eigenvalue weighted by atomic mass is 16.6. The largest absolute Gasteiger partial charge is 0.496 e. The van der Waals surface area contributed by atoms with Gasteiger partial charge in [-0.1, -0.05) is 36.4 Å². The minimum absolute atomic E-state index is 0.0737. The van der Waals surface area contributed by atoms with Crippen LogP contribution in [-0.4, -0.2) is 31.6 Å². The fourth-order valence-electron chi connectivity index (χ4n) is 2.67. The fourth-order valence-corrected chi connectivity index (χ4v) is 2.67. The van der Waals surface area contributed by atoms with Crippen molar-refractivity contribution >= 4 is 17.8 Å². The minimum atomic E-state index is -1.94. The van der Waals surface area contributed by atoms with E-state index in [1.165, 1.54) is 7.11 Å². The van der Waals surface area contributed by atoms with Crippen LogP contribution in [0.5, 0.6) is 5.75 Å². The van der Waals surface area contributed by atoms with Crippen LogP contribution in [0.15, 0.2) is 59.6 Å². The predicted molar refractivity (Wildman–Crippen MR) is 90.4 cm³/mol. The number of aliphatic imine (C=N–C) groups is 1. The third kappa shape index (κ3) is 2.76. The first-order chi connectivity index (χ1) is 12.1.